The summed E-state index contributed by atoms with van der Waals surface area (Å²) in [5.41, 5.74) is 4.86. The zero-order valence-electron chi connectivity index (χ0n) is 19.2. The molecule has 1 saturated heterocycles. The summed E-state index contributed by atoms with van der Waals surface area (Å²) in [4.78, 5) is 26.5. The predicted octanol–water partition coefficient (Wildman–Crippen LogP) is 5.16. The maximum atomic E-state index is 13.1. The zero-order chi connectivity index (χ0) is 23.3. The fourth-order valence-corrected chi connectivity index (χ4v) is 4.16. The van der Waals surface area contributed by atoms with Gasteiger partial charge in [0.1, 0.15) is 5.82 Å². The van der Waals surface area contributed by atoms with Crippen molar-refractivity contribution in [3.8, 4) is 11.1 Å². The van der Waals surface area contributed by atoms with Crippen LogP contribution in [0, 0.1) is 6.92 Å². The second-order valence-electron chi connectivity index (χ2n) is 8.41. The van der Waals surface area contributed by atoms with Crippen LogP contribution in [-0.2, 0) is 0 Å². The second-order valence-corrected chi connectivity index (χ2v) is 8.41. The van der Waals surface area contributed by atoms with Gasteiger partial charge in [0.05, 0.1) is 0 Å². The van der Waals surface area contributed by atoms with Gasteiger partial charge in [0.2, 0.25) is 5.95 Å². The number of para-hydroxylation sites is 1. The van der Waals surface area contributed by atoms with Crippen molar-refractivity contribution in [3.05, 3.63) is 102 Å². The van der Waals surface area contributed by atoms with E-state index in [1.165, 1.54) is 0 Å². The lowest BCUT2D eigenvalue weighted by atomic mass is 10.0. The molecule has 0 aliphatic carbocycles. The fourth-order valence-electron chi connectivity index (χ4n) is 4.16. The number of aryl methyl sites for hydroxylation is 1. The Morgan fingerprint density at radius 1 is 0.765 bits per heavy atom. The quantitative estimate of drug-likeness (QED) is 0.456. The van der Waals surface area contributed by atoms with Crippen LogP contribution >= 0.6 is 0 Å². The van der Waals surface area contributed by atoms with Crippen molar-refractivity contribution in [3.63, 3.8) is 0 Å². The van der Waals surface area contributed by atoms with E-state index in [-0.39, 0.29) is 5.91 Å². The highest BCUT2D eigenvalue weighted by Gasteiger charge is 2.24. The van der Waals surface area contributed by atoms with Crippen molar-refractivity contribution in [1.82, 2.24) is 14.9 Å². The Bertz CT molecular complexity index is 1250. The molecule has 4 aromatic rings. The summed E-state index contributed by atoms with van der Waals surface area (Å²) in [6.45, 7) is 4.64. The zero-order valence-corrected chi connectivity index (χ0v) is 19.2. The Morgan fingerprint density at radius 3 is 2.06 bits per heavy atom. The van der Waals surface area contributed by atoms with Crippen molar-refractivity contribution in [2.45, 2.75) is 6.92 Å². The number of hydrogen-bond donors (Lipinski definition) is 1. The van der Waals surface area contributed by atoms with E-state index in [0.29, 0.717) is 37.7 Å². The molecule has 1 aromatic heterocycles. The highest BCUT2D eigenvalue weighted by atomic mass is 16.2. The summed E-state index contributed by atoms with van der Waals surface area (Å²) in [6, 6.07) is 30.0. The Labute approximate surface area is 199 Å². The van der Waals surface area contributed by atoms with Crippen LogP contribution in [0.25, 0.3) is 11.1 Å². The molecule has 1 amide bonds. The lowest BCUT2D eigenvalue weighted by Gasteiger charge is -2.35. The van der Waals surface area contributed by atoms with E-state index in [4.69, 9.17) is 4.98 Å². The Balaban J connectivity index is 1.23. The number of carbonyl (C=O) groups is 1. The van der Waals surface area contributed by atoms with Crippen LogP contribution in [0.3, 0.4) is 0 Å². The monoisotopic (exact) mass is 449 g/mol. The second kappa shape index (κ2) is 9.75. The molecule has 1 aliphatic rings. The maximum absolute atomic E-state index is 13.1. The van der Waals surface area contributed by atoms with E-state index in [1.54, 1.807) is 0 Å². The maximum Gasteiger partial charge on any atom is 0.253 e. The molecule has 5 rings (SSSR count). The topological polar surface area (TPSA) is 61.4 Å². The third kappa shape index (κ3) is 4.91. The number of hydrogen-bond acceptors (Lipinski definition) is 5. The third-order valence-electron chi connectivity index (χ3n) is 5.98. The molecule has 0 atom stereocenters. The van der Waals surface area contributed by atoms with Gasteiger partial charge in [0, 0.05) is 49.2 Å². The standard InChI is InChI=1S/C28H27N5O/c1-21-20-26(30-25-10-6-3-7-11-25)31-28(29-21)33-18-16-32(17-19-33)27(34)24-14-12-23(13-15-24)22-8-4-2-5-9-22/h2-15,20H,16-19H2,1H3,(H,29,30,31). The molecule has 34 heavy (non-hydrogen) atoms. The third-order valence-corrected chi connectivity index (χ3v) is 5.98. The molecule has 170 valence electrons. The van der Waals surface area contributed by atoms with Crippen LogP contribution in [0.15, 0.2) is 91.0 Å². The molecular formula is C28H27N5O. The molecule has 1 N–H and O–H groups in total. The van der Waals surface area contributed by atoms with Crippen molar-refractivity contribution in [1.29, 1.82) is 0 Å². The number of piperazine rings is 1. The average molecular weight is 450 g/mol. The molecule has 2 heterocycles. The van der Waals surface area contributed by atoms with Gasteiger partial charge in [0.15, 0.2) is 0 Å². The number of benzene rings is 3. The molecule has 0 bridgehead atoms. The summed E-state index contributed by atoms with van der Waals surface area (Å²) in [5, 5.41) is 3.35. The molecule has 6 nitrogen and oxygen atoms in total. The molecule has 0 unspecified atom stereocenters. The van der Waals surface area contributed by atoms with Gasteiger partial charge in [-0.05, 0) is 42.3 Å². The molecule has 0 radical (unpaired) electrons. The van der Waals surface area contributed by atoms with E-state index >= 15 is 0 Å². The minimum atomic E-state index is 0.0656. The van der Waals surface area contributed by atoms with Crippen LogP contribution in [0.4, 0.5) is 17.5 Å². The van der Waals surface area contributed by atoms with Crippen LogP contribution in [-0.4, -0.2) is 47.0 Å². The van der Waals surface area contributed by atoms with Crippen molar-refractivity contribution >= 4 is 23.4 Å². The van der Waals surface area contributed by atoms with Gasteiger partial charge in [-0.1, -0.05) is 60.7 Å². The number of carbonyl (C=O) groups excluding carboxylic acids is 1. The van der Waals surface area contributed by atoms with Crippen LogP contribution < -0.4 is 10.2 Å². The Kier molecular flexibility index (Phi) is 6.21. The van der Waals surface area contributed by atoms with Gasteiger partial charge in [-0.25, -0.2) is 4.98 Å². The summed E-state index contributed by atoms with van der Waals surface area (Å²) in [5.74, 6) is 1.53. The summed E-state index contributed by atoms with van der Waals surface area (Å²) in [6.07, 6.45) is 0. The lowest BCUT2D eigenvalue weighted by molar-refractivity contribution is 0.0746. The van der Waals surface area contributed by atoms with E-state index < -0.39 is 0 Å². The highest BCUT2D eigenvalue weighted by molar-refractivity contribution is 5.95. The first-order chi connectivity index (χ1) is 16.7. The lowest BCUT2D eigenvalue weighted by Crippen LogP contribution is -2.49. The van der Waals surface area contributed by atoms with E-state index in [9.17, 15) is 4.79 Å². The number of anilines is 3. The normalized spacial score (nSPS) is 13.6. The predicted molar refractivity (Wildman–Crippen MR) is 136 cm³/mol. The molecule has 0 saturated carbocycles. The minimum Gasteiger partial charge on any atom is -0.340 e. The van der Waals surface area contributed by atoms with Gasteiger partial charge >= 0.3 is 0 Å². The Hall–Kier alpha value is -4.19. The van der Waals surface area contributed by atoms with Gasteiger partial charge in [0.25, 0.3) is 5.91 Å². The molecule has 3 aromatic carbocycles. The number of nitrogens with one attached hydrogen (secondary N) is 1. The SMILES string of the molecule is Cc1cc(Nc2ccccc2)nc(N2CCN(C(=O)c3ccc(-c4ccccc4)cc3)CC2)n1. The number of nitrogens with zero attached hydrogens (tertiary/aromatic N) is 4. The molecule has 1 fully saturated rings. The van der Waals surface area contributed by atoms with Gasteiger partial charge in [-0.3, -0.25) is 4.79 Å². The molecule has 6 heteroatoms. The first-order valence-corrected chi connectivity index (χ1v) is 11.5. The first kappa shape index (κ1) is 21.6. The highest BCUT2D eigenvalue weighted by Crippen LogP contribution is 2.22. The molecule has 0 spiro atoms. The number of aromatic nitrogens is 2. The van der Waals surface area contributed by atoms with Gasteiger partial charge < -0.3 is 15.1 Å². The Morgan fingerprint density at radius 2 is 1.38 bits per heavy atom. The van der Waals surface area contributed by atoms with Gasteiger partial charge in [-0.15, -0.1) is 0 Å². The van der Waals surface area contributed by atoms with Crippen LogP contribution in [0.2, 0.25) is 0 Å². The van der Waals surface area contributed by atoms with Crippen LogP contribution in [0.1, 0.15) is 16.1 Å². The number of amides is 1. The van der Waals surface area contributed by atoms with E-state index in [0.717, 1.165) is 28.3 Å². The smallest absolute Gasteiger partial charge is 0.253 e. The van der Waals surface area contributed by atoms with Crippen molar-refractivity contribution in [2.24, 2.45) is 0 Å². The minimum absolute atomic E-state index is 0.0656. The molecular weight excluding hydrogens is 422 g/mol. The van der Waals surface area contributed by atoms with Crippen molar-refractivity contribution < 1.29 is 4.79 Å². The van der Waals surface area contributed by atoms with E-state index in [2.05, 4.69) is 27.3 Å². The number of rotatable bonds is 5. The average Bonchev–Trinajstić information content (AvgIpc) is 2.89. The summed E-state index contributed by atoms with van der Waals surface area (Å²) in [7, 11) is 0. The summed E-state index contributed by atoms with van der Waals surface area (Å²) >= 11 is 0. The first-order valence-electron chi connectivity index (χ1n) is 11.5. The molecule has 1 aliphatic heterocycles. The van der Waals surface area contributed by atoms with Crippen LogP contribution in [0.5, 0.6) is 0 Å². The summed E-state index contributed by atoms with van der Waals surface area (Å²) < 4.78 is 0. The fraction of sp³-hybridized carbons (Fsp3) is 0.179. The van der Waals surface area contributed by atoms with E-state index in [1.807, 2.05) is 90.7 Å². The van der Waals surface area contributed by atoms with Gasteiger partial charge in [-0.2, -0.15) is 4.98 Å². The van der Waals surface area contributed by atoms with Crippen molar-refractivity contribution in [2.75, 3.05) is 36.4 Å². The largest absolute Gasteiger partial charge is 0.340 e.